The van der Waals surface area contributed by atoms with Crippen LogP contribution in [-0.4, -0.2) is 42.7 Å². The smallest absolute Gasteiger partial charge is 0.123 e. The second-order valence-corrected chi connectivity index (χ2v) is 5.06. The molecule has 100 valence electrons. The molecule has 0 amide bonds. The Morgan fingerprint density at radius 3 is 2.83 bits per heavy atom. The van der Waals surface area contributed by atoms with Crippen molar-refractivity contribution in [3.05, 3.63) is 35.6 Å². The molecule has 0 spiro atoms. The Hall–Kier alpha value is -0.970. The Balaban J connectivity index is 1.79. The molecule has 0 bridgehead atoms. The summed E-state index contributed by atoms with van der Waals surface area (Å²) in [6.45, 7) is 2.67. The van der Waals surface area contributed by atoms with E-state index in [1.807, 2.05) is 0 Å². The molecule has 0 radical (unpaired) electrons. The lowest BCUT2D eigenvalue weighted by molar-refractivity contribution is 0.157. The lowest BCUT2D eigenvalue weighted by Gasteiger charge is -2.30. The normalized spacial score (nSPS) is 19.9. The number of hydrogen-bond donors (Lipinski definition) is 2. The van der Waals surface area contributed by atoms with Crippen molar-refractivity contribution in [2.24, 2.45) is 0 Å². The average Bonchev–Trinajstić information content (AvgIpc) is 2.38. The van der Waals surface area contributed by atoms with Gasteiger partial charge in [-0.1, -0.05) is 12.1 Å². The molecule has 2 rings (SSSR count). The minimum atomic E-state index is -0.639. The third-order valence-electron chi connectivity index (χ3n) is 3.55. The molecule has 1 atom stereocenters. The maximum atomic E-state index is 13.0. The van der Waals surface area contributed by atoms with Crippen LogP contribution in [0.2, 0.25) is 0 Å². The summed E-state index contributed by atoms with van der Waals surface area (Å²) in [7, 11) is 2.12. The molecule has 1 aliphatic heterocycles. The summed E-state index contributed by atoms with van der Waals surface area (Å²) in [6, 6.07) is 6.62. The fourth-order valence-electron chi connectivity index (χ4n) is 2.32. The molecule has 3 nitrogen and oxygen atoms in total. The van der Waals surface area contributed by atoms with Crippen molar-refractivity contribution in [1.82, 2.24) is 10.2 Å². The van der Waals surface area contributed by atoms with Crippen LogP contribution in [0.3, 0.4) is 0 Å². The summed E-state index contributed by atoms with van der Waals surface area (Å²) in [5.41, 5.74) is 0.635. The molecular formula is C14H21FN2O. The molecule has 1 saturated heterocycles. The van der Waals surface area contributed by atoms with E-state index in [1.54, 1.807) is 12.1 Å². The molecule has 0 aromatic heterocycles. The molecule has 4 heteroatoms. The summed E-state index contributed by atoms with van der Waals surface area (Å²) in [4.78, 5) is 2.31. The van der Waals surface area contributed by atoms with Crippen molar-refractivity contribution in [3.8, 4) is 0 Å². The van der Waals surface area contributed by atoms with Crippen molar-refractivity contribution < 1.29 is 9.50 Å². The van der Waals surface area contributed by atoms with Gasteiger partial charge >= 0.3 is 0 Å². The molecule has 1 fully saturated rings. The Morgan fingerprint density at radius 1 is 1.44 bits per heavy atom. The highest BCUT2D eigenvalue weighted by atomic mass is 19.1. The van der Waals surface area contributed by atoms with E-state index < -0.39 is 6.10 Å². The SMILES string of the molecule is CN1CCC(NCC(O)c2cccc(F)c2)CC1. The van der Waals surface area contributed by atoms with Crippen LogP contribution in [0.15, 0.2) is 24.3 Å². The number of nitrogens with one attached hydrogen (secondary N) is 1. The van der Waals surface area contributed by atoms with Gasteiger partial charge in [0, 0.05) is 12.6 Å². The van der Waals surface area contributed by atoms with Gasteiger partial charge in [0.1, 0.15) is 5.82 Å². The second kappa shape index (κ2) is 6.27. The molecule has 18 heavy (non-hydrogen) atoms. The van der Waals surface area contributed by atoms with Gasteiger partial charge < -0.3 is 15.3 Å². The van der Waals surface area contributed by atoms with Crippen LogP contribution in [0.4, 0.5) is 4.39 Å². The highest BCUT2D eigenvalue weighted by Gasteiger charge is 2.17. The molecule has 1 heterocycles. The lowest BCUT2D eigenvalue weighted by Crippen LogP contribution is -2.42. The molecular weight excluding hydrogens is 231 g/mol. The number of nitrogens with zero attached hydrogens (tertiary/aromatic N) is 1. The maximum absolute atomic E-state index is 13.0. The van der Waals surface area contributed by atoms with Gasteiger partial charge in [0.25, 0.3) is 0 Å². The monoisotopic (exact) mass is 252 g/mol. The van der Waals surface area contributed by atoms with Gasteiger partial charge in [-0.2, -0.15) is 0 Å². The lowest BCUT2D eigenvalue weighted by atomic mass is 10.0. The Kier molecular flexibility index (Phi) is 4.69. The van der Waals surface area contributed by atoms with Crippen molar-refractivity contribution in [2.45, 2.75) is 25.0 Å². The zero-order valence-electron chi connectivity index (χ0n) is 10.8. The molecule has 1 unspecified atom stereocenters. The van der Waals surface area contributed by atoms with Crippen LogP contribution in [0.25, 0.3) is 0 Å². The Labute approximate surface area is 108 Å². The molecule has 0 saturated carbocycles. The summed E-state index contributed by atoms with van der Waals surface area (Å²) < 4.78 is 13.0. The third kappa shape index (κ3) is 3.77. The zero-order valence-corrected chi connectivity index (χ0v) is 10.8. The largest absolute Gasteiger partial charge is 0.387 e. The van der Waals surface area contributed by atoms with Gasteiger partial charge in [0.15, 0.2) is 0 Å². The summed E-state index contributed by atoms with van der Waals surface area (Å²) in [5, 5.41) is 13.3. The van der Waals surface area contributed by atoms with E-state index in [2.05, 4.69) is 17.3 Å². The first-order valence-electron chi connectivity index (χ1n) is 6.50. The van der Waals surface area contributed by atoms with E-state index in [1.165, 1.54) is 12.1 Å². The van der Waals surface area contributed by atoms with Crippen molar-refractivity contribution >= 4 is 0 Å². The van der Waals surface area contributed by atoms with Gasteiger partial charge in [-0.05, 0) is 50.7 Å². The number of hydrogen-bond acceptors (Lipinski definition) is 3. The standard InChI is InChI=1S/C14H21FN2O/c1-17-7-5-13(6-8-17)16-10-14(18)11-3-2-4-12(15)9-11/h2-4,9,13-14,16,18H,5-8,10H2,1H3. The topological polar surface area (TPSA) is 35.5 Å². The molecule has 1 aromatic rings. The minimum Gasteiger partial charge on any atom is -0.387 e. The fourth-order valence-corrected chi connectivity index (χ4v) is 2.32. The second-order valence-electron chi connectivity index (χ2n) is 5.06. The zero-order chi connectivity index (χ0) is 13.0. The van der Waals surface area contributed by atoms with E-state index in [0.717, 1.165) is 25.9 Å². The van der Waals surface area contributed by atoms with E-state index in [0.29, 0.717) is 18.2 Å². The number of likely N-dealkylation sites (tertiary alicyclic amines) is 1. The summed E-state index contributed by atoms with van der Waals surface area (Å²) >= 11 is 0. The Bertz CT molecular complexity index is 378. The highest BCUT2D eigenvalue weighted by molar-refractivity contribution is 5.18. The van der Waals surface area contributed by atoms with Gasteiger partial charge in [-0.3, -0.25) is 0 Å². The maximum Gasteiger partial charge on any atom is 0.123 e. The van der Waals surface area contributed by atoms with Crippen molar-refractivity contribution in [1.29, 1.82) is 0 Å². The van der Waals surface area contributed by atoms with E-state index >= 15 is 0 Å². The van der Waals surface area contributed by atoms with Crippen LogP contribution in [-0.2, 0) is 0 Å². The average molecular weight is 252 g/mol. The minimum absolute atomic E-state index is 0.300. The third-order valence-corrected chi connectivity index (χ3v) is 3.55. The van der Waals surface area contributed by atoms with Crippen LogP contribution in [0.1, 0.15) is 24.5 Å². The number of aliphatic hydroxyl groups is 1. The van der Waals surface area contributed by atoms with Crippen LogP contribution >= 0.6 is 0 Å². The van der Waals surface area contributed by atoms with Gasteiger partial charge in [0.2, 0.25) is 0 Å². The number of piperidine rings is 1. The number of aliphatic hydroxyl groups excluding tert-OH is 1. The van der Waals surface area contributed by atoms with Gasteiger partial charge in [0.05, 0.1) is 6.10 Å². The number of benzene rings is 1. The van der Waals surface area contributed by atoms with E-state index in [-0.39, 0.29) is 5.82 Å². The first kappa shape index (κ1) is 13.5. The predicted molar refractivity (Wildman–Crippen MR) is 69.9 cm³/mol. The molecule has 2 N–H and O–H groups in total. The predicted octanol–water partition coefficient (Wildman–Crippen LogP) is 1.54. The first-order chi connectivity index (χ1) is 8.65. The Morgan fingerprint density at radius 2 is 2.17 bits per heavy atom. The van der Waals surface area contributed by atoms with Gasteiger partial charge in [-0.25, -0.2) is 4.39 Å². The molecule has 1 aliphatic rings. The van der Waals surface area contributed by atoms with Crippen LogP contribution in [0.5, 0.6) is 0 Å². The molecule has 0 aliphatic carbocycles. The molecule has 1 aromatic carbocycles. The summed E-state index contributed by atoms with van der Waals surface area (Å²) in [6.07, 6.45) is 1.57. The van der Waals surface area contributed by atoms with Crippen molar-refractivity contribution in [2.75, 3.05) is 26.7 Å². The van der Waals surface area contributed by atoms with Crippen LogP contribution in [0, 0.1) is 5.82 Å². The summed E-state index contributed by atoms with van der Waals surface area (Å²) in [5.74, 6) is -0.300. The van der Waals surface area contributed by atoms with Crippen molar-refractivity contribution in [3.63, 3.8) is 0 Å². The van der Waals surface area contributed by atoms with Gasteiger partial charge in [-0.15, -0.1) is 0 Å². The number of halogens is 1. The fraction of sp³-hybridized carbons (Fsp3) is 0.571. The van der Waals surface area contributed by atoms with E-state index in [4.69, 9.17) is 0 Å². The number of rotatable bonds is 4. The van der Waals surface area contributed by atoms with E-state index in [9.17, 15) is 9.50 Å². The quantitative estimate of drug-likeness (QED) is 0.853. The highest BCUT2D eigenvalue weighted by Crippen LogP contribution is 2.14. The van der Waals surface area contributed by atoms with Crippen LogP contribution < -0.4 is 5.32 Å². The first-order valence-corrected chi connectivity index (χ1v) is 6.50.